The maximum atomic E-state index is 9.94. The summed E-state index contributed by atoms with van der Waals surface area (Å²) in [5.41, 5.74) is 0. The average Bonchev–Trinajstić information content (AvgIpc) is 2.17. The Hall–Kier alpha value is -0.570. The molecule has 1 radical (unpaired) electrons. The Labute approximate surface area is 93.6 Å². The van der Waals surface area contributed by atoms with Gasteiger partial charge < -0.3 is 4.74 Å². The molecule has 0 aromatic rings. The second-order valence-electron chi connectivity index (χ2n) is 4.11. The summed E-state index contributed by atoms with van der Waals surface area (Å²) in [5, 5.41) is 3.19. The predicted molar refractivity (Wildman–Crippen MR) is 62.2 cm³/mol. The van der Waals surface area contributed by atoms with Crippen LogP contribution in [0.3, 0.4) is 0 Å². The van der Waals surface area contributed by atoms with Crippen LogP contribution in [0.4, 0.5) is 0 Å². The zero-order valence-electron chi connectivity index (χ0n) is 10.2. The Bertz CT molecular complexity index is 151. The molecule has 0 spiro atoms. The predicted octanol–water partition coefficient (Wildman–Crippen LogP) is 2.75. The minimum absolute atomic E-state index is 0.229. The van der Waals surface area contributed by atoms with Gasteiger partial charge in [-0.25, -0.2) is 4.79 Å². The summed E-state index contributed by atoms with van der Waals surface area (Å²) >= 11 is 0. The minimum Gasteiger partial charge on any atom is -0.438 e. The molecule has 89 valence electrons. The van der Waals surface area contributed by atoms with Gasteiger partial charge in [-0.1, -0.05) is 39.0 Å². The van der Waals surface area contributed by atoms with Gasteiger partial charge in [0.15, 0.2) is 6.23 Å². The van der Waals surface area contributed by atoms with E-state index in [1.54, 1.807) is 0 Å². The number of unbranched alkanes of at least 4 members (excludes halogenated alkanes) is 4. The zero-order chi connectivity index (χ0) is 11.5. The maximum absolute atomic E-state index is 9.94. The van der Waals surface area contributed by atoms with Gasteiger partial charge in [0.25, 0.3) is 0 Å². The van der Waals surface area contributed by atoms with Gasteiger partial charge in [-0.05, 0) is 20.3 Å². The van der Waals surface area contributed by atoms with Crippen molar-refractivity contribution in [3.8, 4) is 0 Å². The largest absolute Gasteiger partial charge is 0.438 e. The van der Waals surface area contributed by atoms with Crippen molar-refractivity contribution < 1.29 is 9.53 Å². The van der Waals surface area contributed by atoms with Crippen LogP contribution in [0.25, 0.3) is 0 Å². The Morgan fingerprint density at radius 2 is 1.87 bits per heavy atom. The topological polar surface area (TPSA) is 38.3 Å². The van der Waals surface area contributed by atoms with E-state index >= 15 is 0 Å². The molecular weight excluding hydrogens is 190 g/mol. The van der Waals surface area contributed by atoms with E-state index in [0.717, 1.165) is 6.42 Å². The Morgan fingerprint density at radius 3 is 2.47 bits per heavy atom. The van der Waals surface area contributed by atoms with E-state index < -0.39 is 0 Å². The van der Waals surface area contributed by atoms with Crippen LogP contribution in [0.15, 0.2) is 0 Å². The summed E-state index contributed by atoms with van der Waals surface area (Å²) in [6.07, 6.45) is 7.40. The lowest BCUT2D eigenvalue weighted by molar-refractivity contribution is 0.145. The molecule has 0 saturated carbocycles. The van der Waals surface area contributed by atoms with Gasteiger partial charge in [0, 0.05) is 6.04 Å². The molecule has 0 heterocycles. The molecule has 0 bridgehead atoms. The van der Waals surface area contributed by atoms with Crippen molar-refractivity contribution in [2.24, 2.45) is 0 Å². The molecule has 3 nitrogen and oxygen atoms in total. The first kappa shape index (κ1) is 14.4. The van der Waals surface area contributed by atoms with Crippen molar-refractivity contribution in [3.63, 3.8) is 0 Å². The van der Waals surface area contributed by atoms with Gasteiger partial charge in [0.1, 0.15) is 0 Å². The highest BCUT2D eigenvalue weighted by Gasteiger charge is 2.06. The van der Waals surface area contributed by atoms with Crippen LogP contribution in [-0.4, -0.2) is 18.7 Å². The Morgan fingerprint density at radius 1 is 1.20 bits per heavy atom. The molecule has 1 N–H and O–H groups in total. The van der Waals surface area contributed by atoms with Gasteiger partial charge in [-0.2, -0.15) is 0 Å². The molecule has 0 aliphatic carbocycles. The van der Waals surface area contributed by atoms with Crippen LogP contribution in [0.1, 0.15) is 59.3 Å². The smallest absolute Gasteiger partial charge is 0.419 e. The molecule has 0 rings (SSSR count). The third-order valence-electron chi connectivity index (χ3n) is 2.48. The molecule has 2 unspecified atom stereocenters. The van der Waals surface area contributed by atoms with E-state index in [9.17, 15) is 4.79 Å². The number of hydrogen-bond acceptors (Lipinski definition) is 3. The Kier molecular flexibility index (Phi) is 9.59. The highest BCUT2D eigenvalue weighted by molar-refractivity contribution is 5.38. The molecule has 0 aliphatic rings. The number of carbonyl (C=O) groups excluding carboxylic acids is 1. The molecular formula is C12H24NO2. The highest BCUT2D eigenvalue weighted by atomic mass is 16.5. The van der Waals surface area contributed by atoms with Gasteiger partial charge in [-0.3, -0.25) is 5.32 Å². The molecule has 0 aliphatic heterocycles. The first-order valence-corrected chi connectivity index (χ1v) is 5.99. The third-order valence-corrected chi connectivity index (χ3v) is 2.48. The second-order valence-corrected chi connectivity index (χ2v) is 4.11. The first-order valence-electron chi connectivity index (χ1n) is 5.99. The van der Waals surface area contributed by atoms with E-state index in [1.165, 1.54) is 38.6 Å². The zero-order valence-corrected chi connectivity index (χ0v) is 10.2. The van der Waals surface area contributed by atoms with Gasteiger partial charge >= 0.3 is 6.47 Å². The summed E-state index contributed by atoms with van der Waals surface area (Å²) < 4.78 is 4.64. The summed E-state index contributed by atoms with van der Waals surface area (Å²) in [7, 11) is 0. The lowest BCUT2D eigenvalue weighted by Gasteiger charge is -2.17. The standard InChI is InChI=1S/C12H24NO2/c1-4-5-6-7-8-9-11(2)13-12(3)15-10-14/h11-13H,4-9H2,1-3H3. The molecule has 3 heteroatoms. The van der Waals surface area contributed by atoms with Crippen LogP contribution >= 0.6 is 0 Å². The van der Waals surface area contributed by atoms with Crippen molar-refractivity contribution in [1.82, 2.24) is 5.32 Å². The van der Waals surface area contributed by atoms with Crippen molar-refractivity contribution >= 4 is 6.47 Å². The van der Waals surface area contributed by atoms with Crippen LogP contribution < -0.4 is 5.32 Å². The fourth-order valence-corrected chi connectivity index (χ4v) is 1.64. The highest BCUT2D eigenvalue weighted by Crippen LogP contribution is 2.07. The second kappa shape index (κ2) is 9.97. The molecule has 0 aromatic carbocycles. The summed E-state index contributed by atoms with van der Waals surface area (Å²) in [4.78, 5) is 9.94. The lowest BCUT2D eigenvalue weighted by atomic mass is 10.1. The van der Waals surface area contributed by atoms with Crippen LogP contribution in [0, 0.1) is 0 Å². The number of nitrogens with one attached hydrogen (secondary N) is 1. The number of hydrogen-bond donors (Lipinski definition) is 1. The van der Waals surface area contributed by atoms with Crippen LogP contribution in [0.2, 0.25) is 0 Å². The lowest BCUT2D eigenvalue weighted by Crippen LogP contribution is -2.36. The molecule has 0 fully saturated rings. The SMILES string of the molecule is CCCCCCCC(C)NC(C)O[C]=O. The summed E-state index contributed by atoms with van der Waals surface area (Å²) in [5.74, 6) is 0. The normalized spacial score (nSPS) is 14.6. The van der Waals surface area contributed by atoms with Gasteiger partial charge in [0.2, 0.25) is 0 Å². The van der Waals surface area contributed by atoms with Crippen LogP contribution in [0.5, 0.6) is 0 Å². The molecule has 15 heavy (non-hydrogen) atoms. The van der Waals surface area contributed by atoms with Crippen molar-refractivity contribution in [1.29, 1.82) is 0 Å². The molecule has 0 saturated heterocycles. The van der Waals surface area contributed by atoms with E-state index in [1.807, 2.05) is 6.92 Å². The van der Waals surface area contributed by atoms with E-state index in [4.69, 9.17) is 0 Å². The van der Waals surface area contributed by atoms with E-state index in [2.05, 4.69) is 23.9 Å². The third kappa shape index (κ3) is 9.73. The van der Waals surface area contributed by atoms with Crippen LogP contribution in [-0.2, 0) is 9.53 Å². The summed E-state index contributed by atoms with van der Waals surface area (Å²) in [6.45, 7) is 7.60. The minimum atomic E-state index is -0.229. The number of rotatable bonds is 10. The maximum Gasteiger partial charge on any atom is 0.419 e. The van der Waals surface area contributed by atoms with Crippen molar-refractivity contribution in [3.05, 3.63) is 0 Å². The number of ether oxygens (including phenoxy) is 1. The Balaban J connectivity index is 3.32. The first-order chi connectivity index (χ1) is 7.20. The fraction of sp³-hybridized carbons (Fsp3) is 0.917. The summed E-state index contributed by atoms with van der Waals surface area (Å²) in [6, 6.07) is 0.398. The monoisotopic (exact) mass is 214 g/mol. The average molecular weight is 214 g/mol. The van der Waals surface area contributed by atoms with Crippen molar-refractivity contribution in [2.75, 3.05) is 0 Å². The van der Waals surface area contributed by atoms with E-state index in [0.29, 0.717) is 6.04 Å². The molecule has 0 amide bonds. The van der Waals surface area contributed by atoms with Crippen molar-refractivity contribution in [2.45, 2.75) is 71.6 Å². The van der Waals surface area contributed by atoms with Gasteiger partial charge in [0.05, 0.1) is 0 Å². The quantitative estimate of drug-likeness (QED) is 0.449. The molecule has 0 aromatic heterocycles. The fourth-order valence-electron chi connectivity index (χ4n) is 1.64. The van der Waals surface area contributed by atoms with E-state index in [-0.39, 0.29) is 6.23 Å². The molecule has 2 atom stereocenters. The van der Waals surface area contributed by atoms with Gasteiger partial charge in [-0.15, -0.1) is 0 Å².